The monoisotopic (exact) mass is 178 g/mol. The number of rotatable bonds is 1. The first kappa shape index (κ1) is 7.55. The zero-order valence-corrected chi connectivity index (χ0v) is 7.93. The van der Waals surface area contributed by atoms with Gasteiger partial charge in [0.15, 0.2) is 0 Å². The van der Waals surface area contributed by atoms with Crippen molar-refractivity contribution in [2.24, 2.45) is 7.05 Å². The van der Waals surface area contributed by atoms with E-state index < -0.39 is 0 Å². The number of hydrogen-bond donors (Lipinski definition) is 0. The molecule has 2 nitrogen and oxygen atoms in total. The molecule has 0 aromatic carbocycles. The zero-order chi connectivity index (χ0) is 8.55. The van der Waals surface area contributed by atoms with Crippen molar-refractivity contribution >= 4 is 11.3 Å². The molecule has 0 aliphatic heterocycles. The molecule has 0 spiro atoms. The zero-order valence-electron chi connectivity index (χ0n) is 7.11. The van der Waals surface area contributed by atoms with Crippen LogP contribution in [0.4, 0.5) is 0 Å². The van der Waals surface area contributed by atoms with Gasteiger partial charge in [0.25, 0.3) is 0 Å². The summed E-state index contributed by atoms with van der Waals surface area (Å²) in [4.78, 5) is 0. The van der Waals surface area contributed by atoms with Gasteiger partial charge in [-0.2, -0.15) is 16.4 Å². The average molecular weight is 178 g/mol. The summed E-state index contributed by atoms with van der Waals surface area (Å²) in [5.41, 5.74) is 3.47. The van der Waals surface area contributed by atoms with Gasteiger partial charge in [0.1, 0.15) is 0 Å². The summed E-state index contributed by atoms with van der Waals surface area (Å²) in [6.45, 7) is 2.06. The number of thiophene rings is 1. The van der Waals surface area contributed by atoms with Gasteiger partial charge in [-0.3, -0.25) is 4.68 Å². The summed E-state index contributed by atoms with van der Waals surface area (Å²) in [6.07, 6.45) is 0. The summed E-state index contributed by atoms with van der Waals surface area (Å²) >= 11 is 1.70. The van der Waals surface area contributed by atoms with E-state index in [-0.39, 0.29) is 0 Å². The van der Waals surface area contributed by atoms with Gasteiger partial charge in [-0.1, -0.05) is 0 Å². The highest BCUT2D eigenvalue weighted by atomic mass is 32.1. The number of aromatic nitrogens is 2. The Hall–Kier alpha value is -1.09. The Balaban J connectivity index is 2.48. The van der Waals surface area contributed by atoms with Gasteiger partial charge < -0.3 is 0 Å². The first-order chi connectivity index (χ1) is 5.77. The van der Waals surface area contributed by atoms with Crippen LogP contribution in [0.5, 0.6) is 0 Å². The topological polar surface area (TPSA) is 17.8 Å². The SMILES string of the molecule is Cc1cc(-c2ccsc2)nn1C. The van der Waals surface area contributed by atoms with Gasteiger partial charge >= 0.3 is 0 Å². The molecule has 2 rings (SSSR count). The fourth-order valence-corrected chi connectivity index (χ4v) is 1.76. The molecule has 3 heteroatoms. The van der Waals surface area contributed by atoms with Gasteiger partial charge in [0, 0.05) is 23.7 Å². The fourth-order valence-electron chi connectivity index (χ4n) is 1.11. The molecule has 0 N–H and O–H groups in total. The fraction of sp³-hybridized carbons (Fsp3) is 0.222. The molecule has 0 saturated heterocycles. The minimum absolute atomic E-state index is 1.07. The summed E-state index contributed by atoms with van der Waals surface area (Å²) in [5, 5.41) is 8.56. The molecule has 62 valence electrons. The van der Waals surface area contributed by atoms with Crippen molar-refractivity contribution in [3.8, 4) is 11.3 Å². The Kier molecular flexibility index (Phi) is 1.73. The van der Waals surface area contributed by atoms with Crippen LogP contribution in [0, 0.1) is 6.92 Å². The minimum Gasteiger partial charge on any atom is -0.272 e. The van der Waals surface area contributed by atoms with E-state index >= 15 is 0 Å². The van der Waals surface area contributed by atoms with E-state index in [0.29, 0.717) is 0 Å². The van der Waals surface area contributed by atoms with Crippen LogP contribution in [0.1, 0.15) is 5.69 Å². The minimum atomic E-state index is 1.07. The van der Waals surface area contributed by atoms with Crippen LogP contribution in [0.3, 0.4) is 0 Å². The van der Waals surface area contributed by atoms with Crippen molar-refractivity contribution in [2.45, 2.75) is 6.92 Å². The van der Waals surface area contributed by atoms with Gasteiger partial charge in [-0.05, 0) is 24.4 Å². The second kappa shape index (κ2) is 2.75. The highest BCUT2D eigenvalue weighted by Gasteiger charge is 2.03. The van der Waals surface area contributed by atoms with Crippen LogP contribution in [0.25, 0.3) is 11.3 Å². The maximum absolute atomic E-state index is 4.38. The molecular weight excluding hydrogens is 168 g/mol. The van der Waals surface area contributed by atoms with Crippen molar-refractivity contribution in [2.75, 3.05) is 0 Å². The van der Waals surface area contributed by atoms with Crippen molar-refractivity contribution < 1.29 is 0 Å². The summed E-state index contributed by atoms with van der Waals surface area (Å²) in [5.74, 6) is 0. The molecule has 0 unspecified atom stereocenters. The smallest absolute Gasteiger partial charge is 0.0934 e. The predicted octanol–water partition coefficient (Wildman–Crippen LogP) is 2.46. The van der Waals surface area contributed by atoms with Crippen LogP contribution >= 0.6 is 11.3 Å². The molecule has 0 aliphatic carbocycles. The summed E-state index contributed by atoms with van der Waals surface area (Å²) < 4.78 is 1.90. The molecule has 0 amide bonds. The lowest BCUT2D eigenvalue weighted by Crippen LogP contribution is -1.91. The molecule has 0 saturated carbocycles. The second-order valence-electron chi connectivity index (χ2n) is 2.81. The molecule has 0 atom stereocenters. The van der Waals surface area contributed by atoms with Crippen LogP contribution in [-0.2, 0) is 7.05 Å². The Morgan fingerprint density at radius 2 is 2.33 bits per heavy atom. The third-order valence-corrected chi connectivity index (χ3v) is 2.61. The number of aryl methyl sites for hydroxylation is 2. The quantitative estimate of drug-likeness (QED) is 0.656. The van der Waals surface area contributed by atoms with Crippen molar-refractivity contribution in [3.05, 3.63) is 28.6 Å². The summed E-state index contributed by atoms with van der Waals surface area (Å²) in [6, 6.07) is 4.19. The molecule has 0 fully saturated rings. The molecule has 2 aromatic heterocycles. The predicted molar refractivity (Wildman–Crippen MR) is 51.3 cm³/mol. The average Bonchev–Trinajstić information content (AvgIpc) is 2.61. The number of hydrogen-bond acceptors (Lipinski definition) is 2. The van der Waals surface area contributed by atoms with Crippen LogP contribution in [0.15, 0.2) is 22.9 Å². The number of nitrogens with zero attached hydrogens (tertiary/aromatic N) is 2. The third-order valence-electron chi connectivity index (χ3n) is 1.93. The lowest BCUT2D eigenvalue weighted by molar-refractivity contribution is 0.743. The van der Waals surface area contributed by atoms with E-state index in [1.54, 1.807) is 11.3 Å². The largest absolute Gasteiger partial charge is 0.272 e. The third kappa shape index (κ3) is 1.16. The Labute approximate surface area is 75.5 Å². The van der Waals surface area contributed by atoms with E-state index in [1.807, 2.05) is 11.7 Å². The Morgan fingerprint density at radius 3 is 2.83 bits per heavy atom. The van der Waals surface area contributed by atoms with Gasteiger partial charge in [0.05, 0.1) is 5.69 Å². The molecule has 12 heavy (non-hydrogen) atoms. The highest BCUT2D eigenvalue weighted by molar-refractivity contribution is 7.08. The molecule has 0 bridgehead atoms. The molecular formula is C9H10N2S. The van der Waals surface area contributed by atoms with Crippen molar-refractivity contribution in [3.63, 3.8) is 0 Å². The second-order valence-corrected chi connectivity index (χ2v) is 3.59. The molecule has 2 aromatic rings. The first-order valence-corrected chi connectivity index (χ1v) is 4.75. The first-order valence-electron chi connectivity index (χ1n) is 3.80. The lowest BCUT2D eigenvalue weighted by Gasteiger charge is -1.89. The lowest BCUT2D eigenvalue weighted by atomic mass is 10.2. The van der Waals surface area contributed by atoms with Crippen LogP contribution in [-0.4, -0.2) is 9.78 Å². The van der Waals surface area contributed by atoms with Crippen molar-refractivity contribution in [1.29, 1.82) is 0 Å². The van der Waals surface area contributed by atoms with E-state index in [4.69, 9.17) is 0 Å². The van der Waals surface area contributed by atoms with Crippen LogP contribution in [0.2, 0.25) is 0 Å². The van der Waals surface area contributed by atoms with E-state index in [9.17, 15) is 0 Å². The maximum Gasteiger partial charge on any atom is 0.0934 e. The summed E-state index contributed by atoms with van der Waals surface area (Å²) in [7, 11) is 1.96. The van der Waals surface area contributed by atoms with Gasteiger partial charge in [0.2, 0.25) is 0 Å². The van der Waals surface area contributed by atoms with E-state index in [1.165, 1.54) is 11.3 Å². The molecule has 0 aliphatic rings. The van der Waals surface area contributed by atoms with Crippen molar-refractivity contribution in [1.82, 2.24) is 9.78 Å². The van der Waals surface area contributed by atoms with Gasteiger partial charge in [-0.15, -0.1) is 0 Å². The highest BCUT2D eigenvalue weighted by Crippen LogP contribution is 2.20. The Bertz CT molecular complexity index is 354. The van der Waals surface area contributed by atoms with Crippen LogP contribution < -0.4 is 0 Å². The standard InChI is InChI=1S/C9H10N2S/c1-7-5-9(10-11(7)2)8-3-4-12-6-8/h3-6H,1-2H3. The molecule has 0 radical (unpaired) electrons. The Morgan fingerprint density at radius 1 is 1.50 bits per heavy atom. The van der Waals surface area contributed by atoms with E-state index in [2.05, 4.69) is 34.9 Å². The maximum atomic E-state index is 4.38. The molecule has 2 heterocycles. The van der Waals surface area contributed by atoms with Gasteiger partial charge in [-0.25, -0.2) is 0 Å². The normalized spacial score (nSPS) is 10.5. The van der Waals surface area contributed by atoms with E-state index in [0.717, 1.165) is 5.69 Å².